The van der Waals surface area contributed by atoms with Crippen molar-refractivity contribution in [2.45, 2.75) is 45.2 Å². The maximum atomic E-state index is 14.4. The maximum absolute atomic E-state index is 14.4. The molecule has 0 unspecified atom stereocenters. The van der Waals surface area contributed by atoms with Crippen LogP contribution in [0.2, 0.25) is 10.0 Å². The molecule has 5 rings (SSSR count). The highest BCUT2D eigenvalue weighted by atomic mass is 35.5. The monoisotopic (exact) mass is 471 g/mol. The third kappa shape index (κ3) is 3.35. The van der Waals surface area contributed by atoms with Crippen molar-refractivity contribution < 1.29 is 9.18 Å². The van der Waals surface area contributed by atoms with Gasteiger partial charge in [-0.25, -0.2) is 14.4 Å². The Labute approximate surface area is 194 Å². The van der Waals surface area contributed by atoms with Gasteiger partial charge < -0.3 is 4.90 Å². The largest absolute Gasteiger partial charge is 0.326 e. The highest BCUT2D eigenvalue weighted by molar-refractivity contribution is 6.37. The van der Waals surface area contributed by atoms with Crippen LogP contribution in [0.3, 0.4) is 0 Å². The van der Waals surface area contributed by atoms with Crippen LogP contribution in [0.25, 0.3) is 11.4 Å². The van der Waals surface area contributed by atoms with Gasteiger partial charge in [0.15, 0.2) is 5.82 Å². The molecule has 3 atom stereocenters. The fourth-order valence-corrected chi connectivity index (χ4v) is 5.36. The van der Waals surface area contributed by atoms with Gasteiger partial charge in [0.2, 0.25) is 0 Å². The van der Waals surface area contributed by atoms with Gasteiger partial charge in [0.1, 0.15) is 11.5 Å². The first kappa shape index (κ1) is 21.2. The SMILES string of the molecule is Cc1nc(-c2cnccn2)c2c(n1)[C@H]1[C@H](C)CC[C@@H](C2)N1C(=O)c1ccc(Cl)c(F)c1Cl. The summed E-state index contributed by atoms with van der Waals surface area (Å²) in [5, 5.41) is -0.362. The van der Waals surface area contributed by atoms with Crippen LogP contribution < -0.4 is 0 Å². The van der Waals surface area contributed by atoms with Crippen molar-refractivity contribution in [3.63, 3.8) is 0 Å². The molecule has 2 aromatic heterocycles. The molecule has 0 N–H and O–H groups in total. The van der Waals surface area contributed by atoms with Gasteiger partial charge in [0.05, 0.1) is 39.2 Å². The van der Waals surface area contributed by atoms with Crippen molar-refractivity contribution in [2.75, 3.05) is 0 Å². The van der Waals surface area contributed by atoms with Crippen LogP contribution in [-0.2, 0) is 6.42 Å². The second kappa shape index (κ2) is 8.05. The summed E-state index contributed by atoms with van der Waals surface area (Å²) in [6.07, 6.45) is 7.32. The first-order chi connectivity index (χ1) is 15.4. The molecule has 2 aliphatic rings. The summed E-state index contributed by atoms with van der Waals surface area (Å²) < 4.78 is 14.4. The van der Waals surface area contributed by atoms with E-state index < -0.39 is 5.82 Å². The summed E-state index contributed by atoms with van der Waals surface area (Å²) in [7, 11) is 0. The lowest BCUT2D eigenvalue weighted by atomic mass is 9.76. The fourth-order valence-electron chi connectivity index (χ4n) is 4.91. The Morgan fingerprint density at radius 1 is 1.19 bits per heavy atom. The van der Waals surface area contributed by atoms with Gasteiger partial charge in [-0.3, -0.25) is 14.8 Å². The van der Waals surface area contributed by atoms with Crippen molar-refractivity contribution in [1.82, 2.24) is 24.8 Å². The Morgan fingerprint density at radius 3 is 2.75 bits per heavy atom. The van der Waals surface area contributed by atoms with Gasteiger partial charge in [-0.1, -0.05) is 30.1 Å². The summed E-state index contributed by atoms with van der Waals surface area (Å²) in [5.41, 5.74) is 3.37. The van der Waals surface area contributed by atoms with Gasteiger partial charge in [-0.2, -0.15) is 0 Å². The molecule has 4 heterocycles. The van der Waals surface area contributed by atoms with Gasteiger partial charge in [0, 0.05) is 24.0 Å². The molecule has 6 nitrogen and oxygen atoms in total. The summed E-state index contributed by atoms with van der Waals surface area (Å²) in [5.74, 6) is -0.328. The molecular formula is C23H20Cl2FN5O. The minimum Gasteiger partial charge on any atom is -0.326 e. The number of hydrogen-bond acceptors (Lipinski definition) is 5. The molecule has 2 aliphatic heterocycles. The number of halogens is 3. The standard InChI is InChI=1S/C23H20Cl2FN5O/c1-11-3-4-13-9-15-20(17-10-27-7-8-28-17)29-12(2)30-21(15)22(11)31(13)23(32)14-5-6-16(24)19(26)18(14)25/h5-8,10-11,13,22H,3-4,9H2,1-2H3/t11-,13+,22-/m1/s1. The molecule has 32 heavy (non-hydrogen) atoms. The molecule has 0 spiro atoms. The summed E-state index contributed by atoms with van der Waals surface area (Å²) in [6, 6.07) is 2.51. The van der Waals surface area contributed by atoms with Crippen molar-refractivity contribution in [3.8, 4) is 11.4 Å². The molecule has 0 radical (unpaired) electrons. The van der Waals surface area contributed by atoms with E-state index >= 15 is 0 Å². The second-order valence-electron chi connectivity index (χ2n) is 8.37. The van der Waals surface area contributed by atoms with Crippen LogP contribution in [0.15, 0.2) is 30.7 Å². The summed E-state index contributed by atoms with van der Waals surface area (Å²) in [6.45, 7) is 3.94. The molecule has 0 saturated carbocycles. The van der Waals surface area contributed by atoms with Crippen molar-refractivity contribution >= 4 is 29.1 Å². The van der Waals surface area contributed by atoms with Gasteiger partial charge in [-0.05, 0) is 44.2 Å². The molecule has 1 amide bonds. The lowest BCUT2D eigenvalue weighted by Crippen LogP contribution is -2.53. The highest BCUT2D eigenvalue weighted by Crippen LogP contribution is 2.47. The third-order valence-electron chi connectivity index (χ3n) is 6.36. The molecule has 0 aliphatic carbocycles. The van der Waals surface area contributed by atoms with Crippen LogP contribution >= 0.6 is 23.2 Å². The minimum atomic E-state index is -0.780. The van der Waals surface area contributed by atoms with E-state index in [2.05, 4.69) is 21.9 Å². The number of amides is 1. The number of aryl methyl sites for hydroxylation is 1. The number of rotatable bonds is 2. The zero-order chi connectivity index (χ0) is 22.6. The normalized spacial score (nSPS) is 21.9. The Morgan fingerprint density at radius 2 is 2.00 bits per heavy atom. The number of carbonyl (C=O) groups is 1. The van der Waals surface area contributed by atoms with E-state index in [0.717, 1.165) is 29.8 Å². The molecule has 9 heteroatoms. The van der Waals surface area contributed by atoms with Crippen LogP contribution in [-0.4, -0.2) is 36.8 Å². The summed E-state index contributed by atoms with van der Waals surface area (Å²) in [4.78, 5) is 33.6. The Kier molecular flexibility index (Phi) is 5.34. The molecule has 1 fully saturated rings. The van der Waals surface area contributed by atoms with Crippen LogP contribution in [0.1, 0.15) is 53.2 Å². The Hall–Kier alpha value is -2.64. The van der Waals surface area contributed by atoms with E-state index in [-0.39, 0.29) is 39.5 Å². The lowest BCUT2D eigenvalue weighted by Gasteiger charge is -2.49. The first-order valence-corrected chi connectivity index (χ1v) is 11.2. The first-order valence-electron chi connectivity index (χ1n) is 10.5. The average Bonchev–Trinajstić information content (AvgIpc) is 2.79. The smallest absolute Gasteiger partial charge is 0.256 e. The Balaban J connectivity index is 1.65. The number of fused-ring (bicyclic) bond motifs is 4. The van der Waals surface area contributed by atoms with Gasteiger partial charge in [0.25, 0.3) is 5.91 Å². The molecule has 3 aromatic rings. The van der Waals surface area contributed by atoms with Crippen LogP contribution in [0, 0.1) is 18.7 Å². The third-order valence-corrected chi connectivity index (χ3v) is 7.03. The molecular weight excluding hydrogens is 452 g/mol. The lowest BCUT2D eigenvalue weighted by molar-refractivity contribution is 0.0226. The van der Waals surface area contributed by atoms with Gasteiger partial charge >= 0.3 is 0 Å². The maximum Gasteiger partial charge on any atom is 0.256 e. The highest BCUT2D eigenvalue weighted by Gasteiger charge is 2.46. The number of hydrogen-bond donors (Lipinski definition) is 0. The second-order valence-corrected chi connectivity index (χ2v) is 9.15. The van der Waals surface area contributed by atoms with E-state index in [4.69, 9.17) is 28.2 Å². The zero-order valence-corrected chi connectivity index (χ0v) is 19.0. The van der Waals surface area contributed by atoms with Gasteiger partial charge in [-0.15, -0.1) is 0 Å². The number of piperidine rings is 1. The van der Waals surface area contributed by atoms with Crippen LogP contribution in [0.5, 0.6) is 0 Å². The van der Waals surface area contributed by atoms with E-state index in [1.54, 1.807) is 18.6 Å². The molecule has 1 aromatic carbocycles. The molecule has 164 valence electrons. The average molecular weight is 472 g/mol. The van der Waals surface area contributed by atoms with Crippen molar-refractivity contribution in [2.24, 2.45) is 5.92 Å². The number of nitrogens with zero attached hydrogens (tertiary/aromatic N) is 5. The van der Waals surface area contributed by atoms with E-state index in [9.17, 15) is 9.18 Å². The number of aromatic nitrogens is 4. The predicted molar refractivity (Wildman–Crippen MR) is 119 cm³/mol. The summed E-state index contributed by atoms with van der Waals surface area (Å²) >= 11 is 12.0. The predicted octanol–water partition coefficient (Wildman–Crippen LogP) is 5.23. The van der Waals surface area contributed by atoms with E-state index in [1.165, 1.54) is 12.1 Å². The van der Waals surface area contributed by atoms with Crippen molar-refractivity contribution in [3.05, 3.63) is 69.2 Å². The quantitative estimate of drug-likeness (QED) is 0.478. The number of benzene rings is 1. The molecule has 2 bridgehead atoms. The van der Waals surface area contributed by atoms with E-state index in [1.807, 2.05) is 11.8 Å². The Bertz CT molecular complexity index is 1220. The van der Waals surface area contributed by atoms with Crippen LogP contribution in [0.4, 0.5) is 4.39 Å². The van der Waals surface area contributed by atoms with E-state index in [0.29, 0.717) is 17.9 Å². The fraction of sp³-hybridized carbons (Fsp3) is 0.348. The molecule has 1 saturated heterocycles. The zero-order valence-electron chi connectivity index (χ0n) is 17.5. The van der Waals surface area contributed by atoms with Crippen molar-refractivity contribution in [1.29, 1.82) is 0 Å². The topological polar surface area (TPSA) is 71.9 Å². The number of carbonyl (C=O) groups excluding carboxylic acids is 1. The minimum absolute atomic E-state index is 0.0762.